The van der Waals surface area contributed by atoms with Crippen molar-refractivity contribution in [2.24, 2.45) is 17.3 Å². The third-order valence-corrected chi connectivity index (χ3v) is 4.18. The summed E-state index contributed by atoms with van der Waals surface area (Å²) in [5.74, 6) is -2.23. The largest absolute Gasteiger partial charge is 0.466 e. The molecular formula is C18H31NO4. The van der Waals surface area contributed by atoms with Crippen molar-refractivity contribution in [3.8, 4) is 6.07 Å². The maximum absolute atomic E-state index is 12.5. The molecule has 0 fully saturated rings. The first kappa shape index (κ1) is 21.4. The number of nitrogens with zero attached hydrogens (tertiary/aromatic N) is 1. The highest BCUT2D eigenvalue weighted by molar-refractivity contribution is 5.88. The molecule has 0 aliphatic rings. The lowest BCUT2D eigenvalue weighted by atomic mass is 9.66. The minimum atomic E-state index is -1.49. The predicted molar refractivity (Wildman–Crippen MR) is 88.4 cm³/mol. The lowest BCUT2D eigenvalue weighted by Gasteiger charge is -2.34. The van der Waals surface area contributed by atoms with E-state index in [0.29, 0.717) is 6.42 Å². The molecule has 0 aromatic carbocycles. The summed E-state index contributed by atoms with van der Waals surface area (Å²) in [5.41, 5.74) is -1.49. The monoisotopic (exact) mass is 325 g/mol. The van der Waals surface area contributed by atoms with Gasteiger partial charge in [0, 0.05) is 0 Å². The van der Waals surface area contributed by atoms with Gasteiger partial charge in [-0.3, -0.25) is 9.59 Å². The zero-order valence-electron chi connectivity index (χ0n) is 15.2. The molecule has 2 unspecified atom stereocenters. The standard InChI is InChI=1S/C18H31NO4/c1-6-9-10-11-12-15(16(20)22-7-2)18(13-19,14(4)5)17(21)23-8-3/h14-15H,6-12H2,1-5H3. The van der Waals surface area contributed by atoms with Gasteiger partial charge in [-0.05, 0) is 26.2 Å². The molecular weight excluding hydrogens is 294 g/mol. The summed E-state index contributed by atoms with van der Waals surface area (Å²) in [4.78, 5) is 25.0. The van der Waals surface area contributed by atoms with Crippen molar-refractivity contribution in [1.82, 2.24) is 0 Å². The molecule has 5 heteroatoms. The number of hydrogen-bond donors (Lipinski definition) is 0. The molecule has 5 nitrogen and oxygen atoms in total. The number of esters is 2. The number of rotatable bonds is 11. The van der Waals surface area contributed by atoms with Crippen LogP contribution in [0, 0.1) is 28.6 Å². The highest BCUT2D eigenvalue weighted by Crippen LogP contribution is 2.40. The fraction of sp³-hybridized carbons (Fsp3) is 0.833. The van der Waals surface area contributed by atoms with Gasteiger partial charge in [0.05, 0.1) is 25.2 Å². The number of carbonyl (C=O) groups excluding carboxylic acids is 2. The Balaban J connectivity index is 5.57. The fourth-order valence-corrected chi connectivity index (χ4v) is 2.83. The second-order valence-electron chi connectivity index (χ2n) is 6.01. The van der Waals surface area contributed by atoms with Crippen LogP contribution >= 0.6 is 0 Å². The molecule has 0 radical (unpaired) electrons. The summed E-state index contributed by atoms with van der Waals surface area (Å²) in [6.45, 7) is 9.49. The van der Waals surface area contributed by atoms with E-state index in [-0.39, 0.29) is 19.1 Å². The summed E-state index contributed by atoms with van der Waals surface area (Å²) in [6, 6.07) is 2.10. The fourth-order valence-electron chi connectivity index (χ4n) is 2.83. The molecule has 0 rings (SSSR count). The van der Waals surface area contributed by atoms with Gasteiger partial charge in [0.15, 0.2) is 5.41 Å². The highest BCUT2D eigenvalue weighted by atomic mass is 16.5. The molecule has 0 bridgehead atoms. The first-order chi connectivity index (χ1) is 10.9. The van der Waals surface area contributed by atoms with Crippen LogP contribution in [0.25, 0.3) is 0 Å². The Kier molecular flexibility index (Phi) is 10.3. The Morgan fingerprint density at radius 2 is 1.65 bits per heavy atom. The van der Waals surface area contributed by atoms with E-state index in [1.54, 1.807) is 27.7 Å². The van der Waals surface area contributed by atoms with Crippen molar-refractivity contribution in [3.05, 3.63) is 0 Å². The summed E-state index contributed by atoms with van der Waals surface area (Å²) < 4.78 is 10.3. The maximum Gasteiger partial charge on any atom is 0.327 e. The van der Waals surface area contributed by atoms with Crippen LogP contribution in [-0.2, 0) is 19.1 Å². The highest BCUT2D eigenvalue weighted by Gasteiger charge is 2.53. The van der Waals surface area contributed by atoms with Gasteiger partial charge >= 0.3 is 11.9 Å². The molecule has 0 heterocycles. The minimum Gasteiger partial charge on any atom is -0.466 e. The van der Waals surface area contributed by atoms with E-state index in [4.69, 9.17) is 9.47 Å². The first-order valence-electron chi connectivity index (χ1n) is 8.67. The van der Waals surface area contributed by atoms with E-state index in [9.17, 15) is 14.9 Å². The predicted octanol–water partition coefficient (Wildman–Crippen LogP) is 3.87. The topological polar surface area (TPSA) is 76.4 Å². The molecule has 2 atom stereocenters. The van der Waals surface area contributed by atoms with E-state index in [2.05, 4.69) is 13.0 Å². The summed E-state index contributed by atoms with van der Waals surface area (Å²) in [6.07, 6.45) is 4.36. The molecule has 0 spiro atoms. The van der Waals surface area contributed by atoms with Crippen molar-refractivity contribution in [1.29, 1.82) is 5.26 Å². The molecule has 0 amide bonds. The normalized spacial score (nSPS) is 14.7. The van der Waals surface area contributed by atoms with Gasteiger partial charge in [-0.15, -0.1) is 0 Å². The number of ether oxygens (including phenoxy) is 2. The molecule has 0 aromatic heterocycles. The zero-order valence-corrected chi connectivity index (χ0v) is 15.2. The first-order valence-corrected chi connectivity index (χ1v) is 8.67. The Bertz CT molecular complexity index is 414. The maximum atomic E-state index is 12.5. The van der Waals surface area contributed by atoms with Crippen LogP contribution < -0.4 is 0 Å². The SMILES string of the molecule is CCCCCCC(C(=O)OCC)C(C#N)(C(=O)OCC)C(C)C. The van der Waals surface area contributed by atoms with Crippen molar-refractivity contribution < 1.29 is 19.1 Å². The van der Waals surface area contributed by atoms with Gasteiger partial charge in [0.1, 0.15) is 0 Å². The number of unbranched alkanes of at least 4 members (excludes halogenated alkanes) is 3. The molecule has 0 aliphatic carbocycles. The second-order valence-corrected chi connectivity index (χ2v) is 6.01. The summed E-state index contributed by atoms with van der Waals surface area (Å²) in [5, 5.41) is 9.78. The average Bonchev–Trinajstić information content (AvgIpc) is 2.50. The van der Waals surface area contributed by atoms with Crippen molar-refractivity contribution >= 4 is 11.9 Å². The van der Waals surface area contributed by atoms with Gasteiger partial charge in [-0.2, -0.15) is 5.26 Å². The molecule has 0 saturated heterocycles. The van der Waals surface area contributed by atoms with Crippen molar-refractivity contribution in [2.75, 3.05) is 13.2 Å². The van der Waals surface area contributed by atoms with Crippen LogP contribution in [0.3, 0.4) is 0 Å². The summed E-state index contributed by atoms with van der Waals surface area (Å²) >= 11 is 0. The van der Waals surface area contributed by atoms with Gasteiger partial charge < -0.3 is 9.47 Å². The average molecular weight is 325 g/mol. The van der Waals surface area contributed by atoms with E-state index < -0.39 is 23.3 Å². The number of carbonyl (C=O) groups is 2. The lowest BCUT2D eigenvalue weighted by Crippen LogP contribution is -2.47. The molecule has 0 aromatic rings. The van der Waals surface area contributed by atoms with Crippen molar-refractivity contribution in [2.45, 2.75) is 66.7 Å². The Morgan fingerprint density at radius 3 is 2.09 bits per heavy atom. The molecule has 0 N–H and O–H groups in total. The van der Waals surface area contributed by atoms with Crippen LogP contribution in [0.2, 0.25) is 0 Å². The van der Waals surface area contributed by atoms with Gasteiger partial charge in [0.25, 0.3) is 0 Å². The van der Waals surface area contributed by atoms with Crippen LogP contribution in [0.15, 0.2) is 0 Å². The molecule has 0 aliphatic heterocycles. The number of nitriles is 1. The van der Waals surface area contributed by atoms with Crippen molar-refractivity contribution in [3.63, 3.8) is 0 Å². The third kappa shape index (κ3) is 5.53. The molecule has 0 saturated carbocycles. The van der Waals surface area contributed by atoms with E-state index in [1.807, 2.05) is 0 Å². The lowest BCUT2D eigenvalue weighted by molar-refractivity contribution is -0.168. The smallest absolute Gasteiger partial charge is 0.327 e. The van der Waals surface area contributed by atoms with E-state index in [1.165, 1.54) is 0 Å². The Hall–Kier alpha value is -1.57. The second kappa shape index (κ2) is 11.0. The van der Waals surface area contributed by atoms with E-state index >= 15 is 0 Å². The van der Waals surface area contributed by atoms with Gasteiger partial charge in [-0.25, -0.2) is 0 Å². The van der Waals surface area contributed by atoms with Gasteiger partial charge in [0.2, 0.25) is 0 Å². The van der Waals surface area contributed by atoms with E-state index in [0.717, 1.165) is 25.7 Å². The molecule has 132 valence electrons. The van der Waals surface area contributed by atoms with Gasteiger partial charge in [-0.1, -0.05) is 46.5 Å². The van der Waals surface area contributed by atoms with Crippen LogP contribution in [0.1, 0.15) is 66.7 Å². The Morgan fingerprint density at radius 1 is 1.04 bits per heavy atom. The quantitative estimate of drug-likeness (QED) is 0.426. The zero-order chi connectivity index (χ0) is 17.9. The Labute approximate surface area is 140 Å². The third-order valence-electron chi connectivity index (χ3n) is 4.18. The minimum absolute atomic E-state index is 0.181. The number of hydrogen-bond acceptors (Lipinski definition) is 5. The van der Waals surface area contributed by atoms with Crippen LogP contribution in [-0.4, -0.2) is 25.2 Å². The van der Waals surface area contributed by atoms with Crippen LogP contribution in [0.4, 0.5) is 0 Å². The van der Waals surface area contributed by atoms with Crippen LogP contribution in [0.5, 0.6) is 0 Å². The molecule has 23 heavy (non-hydrogen) atoms. The summed E-state index contributed by atoms with van der Waals surface area (Å²) in [7, 11) is 0.